The monoisotopic (exact) mass is 238 g/mol. The van der Waals surface area contributed by atoms with Gasteiger partial charge in [-0.3, -0.25) is 0 Å². The van der Waals surface area contributed by atoms with E-state index < -0.39 is 19.4 Å². The van der Waals surface area contributed by atoms with Gasteiger partial charge in [-0.15, -0.1) is 0 Å². The summed E-state index contributed by atoms with van der Waals surface area (Å²) in [5.74, 6) is 0.201. The van der Waals surface area contributed by atoms with Crippen LogP contribution in [0.15, 0.2) is 0 Å². The second kappa shape index (κ2) is 4.87. The molecule has 0 aromatic rings. The zero-order valence-corrected chi connectivity index (χ0v) is 11.8. The van der Waals surface area contributed by atoms with Gasteiger partial charge in [-0.1, -0.05) is 20.8 Å². The first-order valence-corrected chi connectivity index (χ1v) is 9.00. The van der Waals surface area contributed by atoms with Crippen LogP contribution in [0.2, 0.25) is 18.1 Å². The van der Waals surface area contributed by atoms with Gasteiger partial charge in [0.25, 0.3) is 0 Å². The van der Waals surface area contributed by atoms with Gasteiger partial charge in [-0.05, 0) is 25.1 Å². The molecule has 3 nitrogen and oxygen atoms in total. The predicted octanol–water partition coefficient (Wildman–Crippen LogP) is 2.62. The summed E-state index contributed by atoms with van der Waals surface area (Å²) in [6.07, 6.45) is -0.137. The van der Waals surface area contributed by atoms with Crippen molar-refractivity contribution in [2.45, 2.75) is 51.9 Å². The lowest BCUT2D eigenvalue weighted by molar-refractivity contribution is 0.219. The average molecular weight is 238 g/mol. The lowest BCUT2D eigenvalue weighted by atomic mass is 10.2. The van der Waals surface area contributed by atoms with Crippen LogP contribution in [0.25, 0.3) is 0 Å². The molecule has 1 N–H and O–H groups in total. The summed E-state index contributed by atoms with van der Waals surface area (Å²) in [6, 6.07) is 0. The lowest BCUT2D eigenvalue weighted by Gasteiger charge is -2.38. The Morgan fingerprint density at radius 1 is 1.43 bits per heavy atom. The maximum absolute atomic E-state index is 10.6. The first-order chi connectivity index (χ1) is 6.06. The van der Waals surface area contributed by atoms with E-state index in [0.29, 0.717) is 0 Å². The van der Waals surface area contributed by atoms with E-state index in [2.05, 4.69) is 33.9 Å². The molecule has 0 rings (SSSR count). The molecule has 2 atom stereocenters. The van der Waals surface area contributed by atoms with Gasteiger partial charge in [-0.25, -0.2) is 4.21 Å². The van der Waals surface area contributed by atoms with Crippen molar-refractivity contribution in [2.75, 3.05) is 5.75 Å². The fourth-order valence-electron chi connectivity index (χ4n) is 0.915. The van der Waals surface area contributed by atoms with E-state index in [1.54, 1.807) is 0 Å². The summed E-state index contributed by atoms with van der Waals surface area (Å²) in [7, 11) is -1.78. The zero-order valence-electron chi connectivity index (χ0n) is 9.96. The van der Waals surface area contributed by atoms with Crippen LogP contribution in [0, 0.1) is 0 Å². The van der Waals surface area contributed by atoms with Crippen molar-refractivity contribution in [1.29, 1.82) is 0 Å². The standard InChI is InChI=1S/C9H22O3SSi/c1-8(7-13(10)11)12-14(5,6)9(2,3)4/h8H,7H2,1-6H3,(H,10,11). The van der Waals surface area contributed by atoms with Crippen molar-refractivity contribution in [1.82, 2.24) is 0 Å². The summed E-state index contributed by atoms with van der Waals surface area (Å²) in [5, 5.41) is 0.151. The number of rotatable bonds is 4. The second-order valence-corrected chi connectivity index (χ2v) is 10.9. The Morgan fingerprint density at radius 2 is 1.86 bits per heavy atom. The van der Waals surface area contributed by atoms with Gasteiger partial charge in [0.2, 0.25) is 0 Å². The Kier molecular flexibility index (Phi) is 4.97. The highest BCUT2D eigenvalue weighted by atomic mass is 32.2. The Balaban J connectivity index is 4.29. The normalized spacial score (nSPS) is 17.9. The minimum Gasteiger partial charge on any atom is -0.413 e. The molecule has 0 heterocycles. The quantitative estimate of drug-likeness (QED) is 0.605. The third-order valence-corrected chi connectivity index (χ3v) is 8.04. The summed E-state index contributed by atoms with van der Waals surface area (Å²) >= 11 is -1.76. The minimum atomic E-state index is -1.78. The van der Waals surface area contributed by atoms with Crippen molar-refractivity contribution in [3.63, 3.8) is 0 Å². The fourth-order valence-corrected chi connectivity index (χ4v) is 2.95. The molecule has 86 valence electrons. The van der Waals surface area contributed by atoms with E-state index >= 15 is 0 Å². The summed E-state index contributed by atoms with van der Waals surface area (Å²) in [5.41, 5.74) is 0. The van der Waals surface area contributed by atoms with Crippen LogP contribution in [0.5, 0.6) is 0 Å². The number of hydrogen-bond donors (Lipinski definition) is 1. The molecular formula is C9H22O3SSi. The molecule has 0 aromatic heterocycles. The van der Waals surface area contributed by atoms with E-state index in [9.17, 15) is 4.21 Å². The molecule has 0 bridgehead atoms. The second-order valence-electron chi connectivity index (χ2n) is 5.18. The summed E-state index contributed by atoms with van der Waals surface area (Å²) < 4.78 is 25.2. The Hall–Kier alpha value is 0.287. The molecule has 0 aliphatic carbocycles. The average Bonchev–Trinajstić information content (AvgIpc) is 1.79. The highest BCUT2D eigenvalue weighted by Gasteiger charge is 2.38. The maximum atomic E-state index is 10.6. The fraction of sp³-hybridized carbons (Fsp3) is 1.00. The van der Waals surface area contributed by atoms with E-state index in [1.165, 1.54) is 0 Å². The first kappa shape index (κ1) is 14.3. The van der Waals surface area contributed by atoms with Gasteiger partial charge in [0, 0.05) is 0 Å². The summed E-state index contributed by atoms with van der Waals surface area (Å²) in [4.78, 5) is 0. The van der Waals surface area contributed by atoms with Gasteiger partial charge in [0.1, 0.15) is 0 Å². The van der Waals surface area contributed by atoms with Gasteiger partial charge in [-0.2, -0.15) is 0 Å². The smallest absolute Gasteiger partial charge is 0.192 e. The van der Waals surface area contributed by atoms with E-state index in [-0.39, 0.29) is 16.9 Å². The molecule has 0 spiro atoms. The van der Waals surface area contributed by atoms with Crippen LogP contribution in [0.1, 0.15) is 27.7 Å². The van der Waals surface area contributed by atoms with Gasteiger partial charge in [0.05, 0.1) is 11.9 Å². The van der Waals surface area contributed by atoms with Gasteiger partial charge < -0.3 is 8.98 Å². The molecule has 0 saturated heterocycles. The van der Waals surface area contributed by atoms with Crippen LogP contribution < -0.4 is 0 Å². The zero-order chi connectivity index (χ0) is 11.6. The highest BCUT2D eigenvalue weighted by Crippen LogP contribution is 2.37. The lowest BCUT2D eigenvalue weighted by Crippen LogP contribution is -2.44. The predicted molar refractivity (Wildman–Crippen MR) is 63.4 cm³/mol. The van der Waals surface area contributed by atoms with E-state index in [4.69, 9.17) is 8.98 Å². The third-order valence-electron chi connectivity index (χ3n) is 2.68. The minimum absolute atomic E-state index is 0.137. The van der Waals surface area contributed by atoms with Crippen molar-refractivity contribution < 1.29 is 13.2 Å². The molecule has 0 aliphatic heterocycles. The molecule has 0 amide bonds. The van der Waals surface area contributed by atoms with E-state index in [1.807, 2.05) is 6.92 Å². The Labute approximate surface area is 90.7 Å². The Morgan fingerprint density at radius 3 is 2.14 bits per heavy atom. The molecule has 5 heteroatoms. The molecule has 0 fully saturated rings. The van der Waals surface area contributed by atoms with Crippen molar-refractivity contribution in [2.24, 2.45) is 0 Å². The Bertz CT molecular complexity index is 211. The van der Waals surface area contributed by atoms with E-state index in [0.717, 1.165) is 0 Å². The van der Waals surface area contributed by atoms with Gasteiger partial charge >= 0.3 is 0 Å². The molecule has 2 unspecified atom stereocenters. The van der Waals surface area contributed by atoms with Gasteiger partial charge in [0.15, 0.2) is 19.4 Å². The molecule has 0 aromatic carbocycles. The van der Waals surface area contributed by atoms with Crippen LogP contribution in [0.3, 0.4) is 0 Å². The maximum Gasteiger partial charge on any atom is 0.192 e. The van der Waals surface area contributed by atoms with Crippen molar-refractivity contribution >= 4 is 19.4 Å². The van der Waals surface area contributed by atoms with Crippen LogP contribution in [-0.2, 0) is 15.5 Å². The molecular weight excluding hydrogens is 216 g/mol. The molecule has 14 heavy (non-hydrogen) atoms. The van der Waals surface area contributed by atoms with Crippen molar-refractivity contribution in [3.8, 4) is 0 Å². The number of hydrogen-bond acceptors (Lipinski definition) is 2. The molecule has 0 radical (unpaired) electrons. The molecule has 0 saturated carbocycles. The van der Waals surface area contributed by atoms with Crippen LogP contribution in [0.4, 0.5) is 0 Å². The SMILES string of the molecule is CC(CS(=O)O)O[Si](C)(C)C(C)(C)C. The topological polar surface area (TPSA) is 46.5 Å². The highest BCUT2D eigenvalue weighted by molar-refractivity contribution is 7.79. The molecule has 0 aliphatic rings. The first-order valence-electron chi connectivity index (χ1n) is 4.81. The third kappa shape index (κ3) is 4.68. The largest absolute Gasteiger partial charge is 0.413 e. The summed E-state index contributed by atoms with van der Waals surface area (Å²) in [6.45, 7) is 12.6. The van der Waals surface area contributed by atoms with Crippen LogP contribution in [-0.4, -0.2) is 28.9 Å². The van der Waals surface area contributed by atoms with Crippen LogP contribution >= 0.6 is 0 Å². The van der Waals surface area contributed by atoms with Crippen molar-refractivity contribution in [3.05, 3.63) is 0 Å².